The fourth-order valence-electron chi connectivity index (χ4n) is 8.04. The van der Waals surface area contributed by atoms with E-state index in [1.165, 1.54) is 79.2 Å². The van der Waals surface area contributed by atoms with Gasteiger partial charge in [-0.05, 0) is 145 Å². The molecule has 0 aliphatic carbocycles. The van der Waals surface area contributed by atoms with Gasteiger partial charge in [-0.25, -0.2) is 0 Å². The first-order chi connectivity index (χ1) is 40.6. The molecule has 5 rings (SSSR count). The van der Waals surface area contributed by atoms with Crippen LogP contribution in [0, 0.1) is 112 Å². The van der Waals surface area contributed by atoms with E-state index in [9.17, 15) is 9.59 Å². The van der Waals surface area contributed by atoms with E-state index in [1.807, 2.05) is 47.0 Å². The van der Waals surface area contributed by atoms with Crippen LogP contribution in [0.3, 0.4) is 0 Å². The Kier molecular flexibility index (Phi) is 53.9. The van der Waals surface area contributed by atoms with Crippen molar-refractivity contribution in [2.75, 3.05) is 88.1 Å². The molecule has 2 aromatic rings. The number of aryl methyl sites for hydroxylation is 2. The van der Waals surface area contributed by atoms with Crippen LogP contribution in [0.5, 0.6) is 0 Å². The van der Waals surface area contributed by atoms with Crippen molar-refractivity contribution in [3.8, 4) is 91.8 Å². The van der Waals surface area contributed by atoms with Crippen molar-refractivity contribution in [1.29, 1.82) is 0 Å². The minimum Gasteiger partial charge on any atom is -0.466 e. The number of terminal acetylenes is 2. The molecule has 0 amide bonds. The first kappa shape index (κ1) is 78.0. The number of aliphatic hydroxyl groups is 2. The van der Waals surface area contributed by atoms with E-state index >= 15 is 0 Å². The Morgan fingerprint density at radius 3 is 1.64 bits per heavy atom. The number of carbonyl (C=O) groups excluding carboxylic acids is 2. The summed E-state index contributed by atoms with van der Waals surface area (Å²) in [6.07, 6.45) is 30.3. The third-order valence-electron chi connectivity index (χ3n) is 12.1. The molecule has 19 heteroatoms. The van der Waals surface area contributed by atoms with Crippen molar-refractivity contribution in [2.24, 2.45) is 0 Å². The first-order valence-electron chi connectivity index (χ1n) is 27.8. The summed E-state index contributed by atoms with van der Waals surface area (Å²) in [6, 6.07) is 10.1. The van der Waals surface area contributed by atoms with Crippen LogP contribution in [-0.2, 0) is 31.9 Å². The first-order valence-corrected chi connectivity index (χ1v) is 35.1. The number of likely N-dealkylation sites (tertiary alicyclic amines) is 2. The summed E-state index contributed by atoms with van der Waals surface area (Å²) in [5.74, 6) is 35.5. The molecule has 2 aromatic heterocycles. The second kappa shape index (κ2) is 57.4. The van der Waals surface area contributed by atoms with Gasteiger partial charge in [0, 0.05) is 129 Å². The molecule has 0 saturated carbocycles. The van der Waals surface area contributed by atoms with Crippen molar-refractivity contribution in [3.05, 3.63) is 79.0 Å². The Morgan fingerprint density at radius 1 is 0.675 bits per heavy atom. The zero-order chi connectivity index (χ0) is 61.2. The van der Waals surface area contributed by atoms with Gasteiger partial charge in [-0.1, -0.05) is 32.4 Å². The average molecular weight is 1340 g/mol. The van der Waals surface area contributed by atoms with Crippen molar-refractivity contribution in [1.82, 2.24) is 19.8 Å². The normalized spacial score (nSPS) is 15.2. The number of hydrogen-bond acceptors (Lipinski definition) is 18. The van der Waals surface area contributed by atoms with Crippen LogP contribution < -0.4 is 0 Å². The van der Waals surface area contributed by atoms with Gasteiger partial charge in [-0.2, -0.15) is 47.0 Å². The van der Waals surface area contributed by atoms with Gasteiger partial charge >= 0.3 is 125 Å². The van der Waals surface area contributed by atoms with Gasteiger partial charge in [0.1, 0.15) is 6.61 Å². The van der Waals surface area contributed by atoms with Gasteiger partial charge in [0.2, 0.25) is 0 Å². The number of aliphatic hydroxyl groups excluding tert-OH is 2. The summed E-state index contributed by atoms with van der Waals surface area (Å²) in [6.45, 7) is 8.51. The van der Waals surface area contributed by atoms with E-state index in [4.69, 9.17) is 52.4 Å². The van der Waals surface area contributed by atoms with Crippen LogP contribution in [0.2, 0.25) is 0 Å². The smallest absolute Gasteiger partial charge is 0.305 e. The van der Waals surface area contributed by atoms with Crippen LogP contribution in [0.15, 0.2) is 36.7 Å². The maximum absolute atomic E-state index is 11.6. The third-order valence-corrected chi connectivity index (χ3v) is 18.9. The molecule has 83 heavy (non-hydrogen) atoms. The monoisotopic (exact) mass is 1340 g/mol. The predicted molar refractivity (Wildman–Crippen MR) is 379 cm³/mol. The topological polar surface area (TPSA) is 194 Å². The third kappa shape index (κ3) is 44.2. The summed E-state index contributed by atoms with van der Waals surface area (Å²) < 4.78 is 15.8. The second-order valence-corrected chi connectivity index (χ2v) is 26.1. The Labute approximate surface area is 544 Å². The number of carbonyl (C=O) groups is 2. The summed E-state index contributed by atoms with van der Waals surface area (Å²) in [7, 11) is 4.42. The number of esters is 2. The molecular weight excluding hydrogens is 1230 g/mol. The maximum Gasteiger partial charge on any atom is 0.305 e. The fourth-order valence-corrected chi connectivity index (χ4v) is 13.1. The van der Waals surface area contributed by atoms with Gasteiger partial charge in [0.25, 0.3) is 0 Å². The number of unbranched alkanes of at least 4 members (excludes halogenated alkanes) is 2. The number of thioether (sulfide) groups is 4. The van der Waals surface area contributed by atoms with E-state index in [1.54, 1.807) is 0 Å². The number of hydrogen-bond donors (Lipinski definition) is 2. The quantitative estimate of drug-likeness (QED) is 0.0390. The van der Waals surface area contributed by atoms with Crippen LogP contribution >= 0.6 is 47.0 Å². The Morgan fingerprint density at radius 2 is 1.18 bits per heavy atom. The summed E-state index contributed by atoms with van der Waals surface area (Å²) in [5.41, 5.74) is 5.15. The van der Waals surface area contributed by atoms with Crippen molar-refractivity contribution in [3.63, 3.8) is 0 Å². The van der Waals surface area contributed by atoms with E-state index in [0.29, 0.717) is 48.6 Å². The van der Waals surface area contributed by atoms with E-state index < -0.39 is 21.1 Å². The number of pyridine rings is 2. The molecule has 4 atom stereocenters. The molecule has 3 aliphatic rings. The molecule has 0 spiro atoms. The van der Waals surface area contributed by atoms with Gasteiger partial charge in [-0.15, -0.1) is 0 Å². The molecule has 2 N–H and O–H groups in total. The average Bonchev–Trinajstić information content (AvgIpc) is 1.84. The minimum absolute atomic E-state index is 0. The van der Waals surface area contributed by atoms with E-state index in [-0.39, 0.29) is 45.1 Å². The Balaban J connectivity index is -0.0000000707. The largest absolute Gasteiger partial charge is 0.466 e. The van der Waals surface area contributed by atoms with Crippen LogP contribution in [0.4, 0.5) is 0 Å². The number of ether oxygens (including phenoxy) is 2. The van der Waals surface area contributed by atoms with Gasteiger partial charge in [0.05, 0.1) is 13.2 Å². The van der Waals surface area contributed by atoms with E-state index in [0.717, 1.165) is 80.8 Å². The molecular formula is C64H110N4O10S4Sn. The number of nitrogens with zero attached hydrogens (tertiary/aromatic N) is 4. The Bertz CT molecular complexity index is 2530. The molecule has 2 radical (unpaired) electrons. The molecule has 3 saturated heterocycles. The predicted octanol–water partition coefficient (Wildman–Crippen LogP) is 12.9. The van der Waals surface area contributed by atoms with Crippen LogP contribution in [0.25, 0.3) is 0 Å². The number of rotatable bonds is 26. The molecule has 0 bridgehead atoms. The van der Waals surface area contributed by atoms with Crippen molar-refractivity contribution < 1.29 is 49.2 Å². The van der Waals surface area contributed by atoms with Gasteiger partial charge in [0.15, 0.2) is 0 Å². The fraction of sp³-hybridized carbons (Fsp3) is 0.562. The molecule has 14 nitrogen and oxygen atoms in total. The molecule has 3 fully saturated rings. The summed E-state index contributed by atoms with van der Waals surface area (Å²) >= 11 is 6.72. The molecule has 4 unspecified atom stereocenters. The minimum atomic E-state index is -1.03. The van der Waals surface area contributed by atoms with Crippen LogP contribution in [-0.4, -0.2) is 162 Å². The van der Waals surface area contributed by atoms with Gasteiger partial charge in [-0.3, -0.25) is 29.4 Å². The Hall–Kier alpha value is -5.04. The molecule has 5 heterocycles. The maximum atomic E-state index is 11.6. The number of cyclic esters (lactones) is 1. The molecule has 474 valence electrons. The van der Waals surface area contributed by atoms with E-state index in [2.05, 4.69) is 163 Å². The zero-order valence-electron chi connectivity index (χ0n) is 48.8. The standard InChI is InChI=1S/C24H40N2O3S2.C18H30N2OS2.2C8H.C6H10O2.2O2.Sn.14H2/c1-20(31-17-15-29-24(28)10-4-3-5-14-27)19-30-16-7-8-22-12-11-21(18-25-22)23-9-6-13-26(23)2;1-15(23-12-10-21)14-22-11-4-5-17-8-7-16(13-19-17)18-6-3-9-20(18)2;2*1-3-5-7-8-6-4-2;7-6-4-2-1-3-5-8-6;2*1-2;;;;;;;;;;;;;;;/h11-12,18,20,23,27H,3-10,13-17,19H2,1-2H3;7-8,13,15,18,21H,3-6,9-12,14H2,1-2H3;2*1H;1-5H2;;;;14*1H. The van der Waals surface area contributed by atoms with Crippen molar-refractivity contribution >= 4 is 80.1 Å². The number of aromatic nitrogens is 2. The summed E-state index contributed by atoms with van der Waals surface area (Å²) in [4.78, 5) is 64.3. The van der Waals surface area contributed by atoms with Crippen molar-refractivity contribution in [2.45, 2.75) is 139 Å². The summed E-state index contributed by atoms with van der Waals surface area (Å²) in [5, 5.41) is 18.7. The zero-order valence-corrected chi connectivity index (χ0v) is 54.9. The van der Waals surface area contributed by atoms with Gasteiger partial charge < -0.3 is 19.7 Å². The SMILES string of the molecule is C#CC#CC#CC#[C][Sn][C]#CC#CC#CC#C.CC(CSCCCc1ccc(C2CCCN2C)cn1)SCCO.CC(CSCCCc1ccc(C2CCCN2C)cn1)SCCOC(=O)CCCCCO.O=C1CCCCCO1.O=O.O=O.[HH].[HH].[HH].[HH].[HH].[HH].[HH].[HH].[HH].[HH].[HH].[HH].[HH].[HH]. The molecule has 0 aromatic carbocycles. The molecule has 3 aliphatic heterocycles. The van der Waals surface area contributed by atoms with Crippen LogP contribution in [0.1, 0.15) is 158 Å². The second-order valence-electron chi connectivity index (χ2n) is 18.6.